The third-order valence-electron chi connectivity index (χ3n) is 2.04. The summed E-state index contributed by atoms with van der Waals surface area (Å²) < 4.78 is 0. The Morgan fingerprint density at radius 1 is 1.08 bits per heavy atom. The first kappa shape index (κ1) is 10.0. The highest BCUT2D eigenvalue weighted by Gasteiger charge is 2.31. The molecule has 0 spiro atoms. The SMILES string of the molecule is [C-]#[N+]OCC1CSCC1CO[N+]#[C-]. The topological polar surface area (TPSA) is 27.2 Å². The molecule has 1 aliphatic heterocycles. The lowest BCUT2D eigenvalue weighted by Crippen LogP contribution is -2.20. The van der Waals surface area contributed by atoms with Crippen LogP contribution >= 0.6 is 11.8 Å². The number of hydrogen-bond donors (Lipinski definition) is 0. The standard InChI is InChI=1S/C8H10N2O2S/c1-9-11-3-7-5-13-6-8(7)4-12-10-2/h7-8H,3-6H2. The third kappa shape index (κ3) is 3.04. The minimum absolute atomic E-state index is 0.362. The molecule has 0 saturated carbocycles. The fourth-order valence-corrected chi connectivity index (χ4v) is 2.76. The van der Waals surface area contributed by atoms with E-state index >= 15 is 0 Å². The first-order valence-electron chi connectivity index (χ1n) is 3.93. The molecule has 4 nitrogen and oxygen atoms in total. The van der Waals surface area contributed by atoms with E-state index in [0.717, 1.165) is 11.5 Å². The van der Waals surface area contributed by atoms with E-state index in [0.29, 0.717) is 25.0 Å². The molecular weight excluding hydrogens is 188 g/mol. The molecule has 2 unspecified atom stereocenters. The van der Waals surface area contributed by atoms with Gasteiger partial charge >= 0.3 is 0 Å². The zero-order valence-electron chi connectivity index (χ0n) is 7.10. The number of hydrogen-bond acceptors (Lipinski definition) is 3. The van der Waals surface area contributed by atoms with E-state index in [1.807, 2.05) is 11.8 Å². The van der Waals surface area contributed by atoms with Gasteiger partial charge in [0.1, 0.15) is 0 Å². The minimum atomic E-state index is 0.362. The molecule has 0 bridgehead atoms. The van der Waals surface area contributed by atoms with E-state index < -0.39 is 0 Å². The van der Waals surface area contributed by atoms with Crippen molar-refractivity contribution < 1.29 is 9.68 Å². The molecule has 5 heteroatoms. The fraction of sp³-hybridized carbons (Fsp3) is 0.750. The summed E-state index contributed by atoms with van der Waals surface area (Å²) in [5, 5.41) is 5.71. The Kier molecular flexibility index (Phi) is 4.28. The van der Waals surface area contributed by atoms with Crippen LogP contribution in [0.1, 0.15) is 0 Å². The van der Waals surface area contributed by atoms with Crippen LogP contribution in [-0.4, -0.2) is 24.7 Å². The molecule has 0 radical (unpaired) electrons. The van der Waals surface area contributed by atoms with Crippen molar-refractivity contribution in [1.29, 1.82) is 0 Å². The van der Waals surface area contributed by atoms with Gasteiger partial charge in [-0.3, -0.25) is 0 Å². The second-order valence-corrected chi connectivity index (χ2v) is 3.91. The molecule has 0 aromatic heterocycles. The van der Waals surface area contributed by atoms with Gasteiger partial charge in [-0.25, -0.2) is 0 Å². The summed E-state index contributed by atoms with van der Waals surface area (Å²) in [6.07, 6.45) is 0. The average molecular weight is 198 g/mol. The van der Waals surface area contributed by atoms with Crippen LogP contribution in [0, 0.1) is 25.0 Å². The Morgan fingerprint density at radius 2 is 1.54 bits per heavy atom. The van der Waals surface area contributed by atoms with Gasteiger partial charge in [0.25, 0.3) is 0 Å². The summed E-state index contributed by atoms with van der Waals surface area (Å²) in [6, 6.07) is 0. The lowest BCUT2D eigenvalue weighted by molar-refractivity contribution is 0.123. The van der Waals surface area contributed by atoms with Crippen molar-refractivity contribution in [2.45, 2.75) is 0 Å². The zero-order valence-corrected chi connectivity index (χ0v) is 7.92. The molecule has 1 aliphatic rings. The summed E-state index contributed by atoms with van der Waals surface area (Å²) in [6.45, 7) is 13.9. The Hall–Kier alpha value is -1.07. The van der Waals surface area contributed by atoms with Crippen LogP contribution in [0.4, 0.5) is 0 Å². The molecule has 1 fully saturated rings. The van der Waals surface area contributed by atoms with Crippen LogP contribution < -0.4 is 0 Å². The van der Waals surface area contributed by atoms with Gasteiger partial charge in [0.2, 0.25) is 0 Å². The van der Waals surface area contributed by atoms with Crippen molar-refractivity contribution >= 4 is 11.8 Å². The molecule has 0 N–H and O–H groups in total. The second-order valence-electron chi connectivity index (χ2n) is 2.83. The smallest absolute Gasteiger partial charge is 0.178 e. The number of nitrogens with zero attached hydrogens (tertiary/aromatic N) is 2. The van der Waals surface area contributed by atoms with Crippen LogP contribution in [0.3, 0.4) is 0 Å². The Morgan fingerprint density at radius 3 is 1.92 bits per heavy atom. The highest BCUT2D eigenvalue weighted by Crippen LogP contribution is 2.30. The van der Waals surface area contributed by atoms with E-state index in [1.165, 1.54) is 0 Å². The monoisotopic (exact) mass is 198 g/mol. The maximum Gasteiger partial charge on any atom is 0.178 e. The van der Waals surface area contributed by atoms with Crippen molar-refractivity contribution in [2.75, 3.05) is 24.7 Å². The molecule has 1 rings (SSSR count). The first-order chi connectivity index (χ1) is 6.38. The van der Waals surface area contributed by atoms with E-state index in [2.05, 4.69) is 19.7 Å². The lowest BCUT2D eigenvalue weighted by Gasteiger charge is -2.10. The molecule has 0 aromatic rings. The molecule has 1 heterocycles. The van der Waals surface area contributed by atoms with E-state index in [1.54, 1.807) is 0 Å². The minimum Gasteiger partial charge on any atom is -0.199 e. The van der Waals surface area contributed by atoms with Gasteiger partial charge in [-0.05, 0) is 10.0 Å². The molecule has 1 saturated heterocycles. The predicted octanol–water partition coefficient (Wildman–Crippen LogP) is 1.67. The summed E-state index contributed by atoms with van der Waals surface area (Å²) in [4.78, 5) is 9.35. The summed E-state index contributed by atoms with van der Waals surface area (Å²) in [5.41, 5.74) is 0. The van der Waals surface area contributed by atoms with E-state index in [9.17, 15) is 0 Å². The summed E-state index contributed by atoms with van der Waals surface area (Å²) in [5.74, 6) is 2.73. The maximum atomic E-state index is 6.49. The van der Waals surface area contributed by atoms with Gasteiger partial charge in [0.05, 0.1) is 0 Å². The van der Waals surface area contributed by atoms with E-state index in [-0.39, 0.29) is 0 Å². The van der Waals surface area contributed by atoms with Gasteiger partial charge in [-0.1, -0.05) is 0 Å². The van der Waals surface area contributed by atoms with Gasteiger partial charge < -0.3 is 0 Å². The highest BCUT2D eigenvalue weighted by molar-refractivity contribution is 7.99. The number of thioether (sulfide) groups is 1. The fourth-order valence-electron chi connectivity index (χ4n) is 1.28. The molecule has 0 amide bonds. The second kappa shape index (κ2) is 5.55. The lowest BCUT2D eigenvalue weighted by atomic mass is 9.98. The van der Waals surface area contributed by atoms with Crippen LogP contribution in [0.15, 0.2) is 0 Å². The Balaban J connectivity index is 2.28. The van der Waals surface area contributed by atoms with Gasteiger partial charge in [0.15, 0.2) is 13.2 Å². The van der Waals surface area contributed by atoms with Crippen LogP contribution in [-0.2, 0) is 9.68 Å². The summed E-state index contributed by atoms with van der Waals surface area (Å²) >= 11 is 1.83. The van der Waals surface area contributed by atoms with Gasteiger partial charge in [-0.2, -0.15) is 34.6 Å². The molecule has 0 aromatic carbocycles. The zero-order chi connectivity index (χ0) is 9.52. The van der Waals surface area contributed by atoms with Crippen molar-refractivity contribution in [3.05, 3.63) is 23.2 Å². The summed E-state index contributed by atoms with van der Waals surface area (Å²) in [7, 11) is 0. The molecule has 13 heavy (non-hydrogen) atoms. The van der Waals surface area contributed by atoms with Crippen molar-refractivity contribution in [1.82, 2.24) is 0 Å². The van der Waals surface area contributed by atoms with Gasteiger partial charge in [0, 0.05) is 23.3 Å². The Bertz CT molecular complexity index is 209. The molecule has 2 atom stereocenters. The maximum absolute atomic E-state index is 6.49. The highest BCUT2D eigenvalue weighted by atomic mass is 32.2. The van der Waals surface area contributed by atoms with Crippen molar-refractivity contribution in [3.63, 3.8) is 0 Å². The molecular formula is C8H10N2O2S. The van der Waals surface area contributed by atoms with Gasteiger partial charge in [-0.15, -0.1) is 0 Å². The average Bonchev–Trinajstić information content (AvgIpc) is 2.59. The van der Waals surface area contributed by atoms with Crippen molar-refractivity contribution in [3.8, 4) is 0 Å². The van der Waals surface area contributed by atoms with Crippen molar-refractivity contribution in [2.24, 2.45) is 11.8 Å². The quantitative estimate of drug-likeness (QED) is 0.508. The van der Waals surface area contributed by atoms with Crippen LogP contribution in [0.25, 0.3) is 10.0 Å². The molecule has 70 valence electrons. The van der Waals surface area contributed by atoms with E-state index in [4.69, 9.17) is 13.1 Å². The third-order valence-corrected chi connectivity index (χ3v) is 3.36. The number of rotatable bonds is 4. The Labute approximate surface area is 81.8 Å². The first-order valence-corrected chi connectivity index (χ1v) is 5.09. The normalized spacial score (nSPS) is 26.0. The van der Waals surface area contributed by atoms with Crippen LogP contribution in [0.2, 0.25) is 0 Å². The largest absolute Gasteiger partial charge is 0.199 e. The predicted molar refractivity (Wildman–Crippen MR) is 49.4 cm³/mol. The van der Waals surface area contributed by atoms with Crippen LogP contribution in [0.5, 0.6) is 0 Å². The molecule has 0 aliphatic carbocycles.